The first-order valence-corrected chi connectivity index (χ1v) is 7.65. The molecule has 1 fully saturated rings. The molecule has 1 aromatic rings. The summed E-state index contributed by atoms with van der Waals surface area (Å²) in [5.74, 6) is -0.0557. The quantitative estimate of drug-likeness (QED) is 0.789. The maximum absolute atomic E-state index is 13.5. The van der Waals surface area contributed by atoms with Crippen LogP contribution in [-0.2, 0) is 0 Å². The van der Waals surface area contributed by atoms with Gasteiger partial charge in [0.1, 0.15) is 11.6 Å². The molecule has 3 nitrogen and oxygen atoms in total. The fourth-order valence-electron chi connectivity index (χ4n) is 2.91. The summed E-state index contributed by atoms with van der Waals surface area (Å²) in [6.45, 7) is 6.00. The number of hydrogen-bond acceptors (Lipinski definition) is 3. The second-order valence-corrected chi connectivity index (χ2v) is 5.50. The van der Waals surface area contributed by atoms with Crippen LogP contribution >= 0.6 is 12.4 Å². The molecule has 0 spiro atoms. The Balaban J connectivity index is 0.00000220. The maximum Gasteiger partial charge on any atom is 0.123 e. The molecule has 0 unspecified atom stereocenters. The number of benzene rings is 1. The van der Waals surface area contributed by atoms with E-state index in [0.29, 0.717) is 0 Å². The lowest BCUT2D eigenvalue weighted by atomic mass is 9.97. The van der Waals surface area contributed by atoms with Crippen molar-refractivity contribution in [2.75, 3.05) is 26.2 Å². The minimum absolute atomic E-state index is 0. The number of halogens is 2. The van der Waals surface area contributed by atoms with Crippen LogP contribution < -0.4 is 5.32 Å². The summed E-state index contributed by atoms with van der Waals surface area (Å²) in [7, 11) is 0. The first-order chi connectivity index (χ1) is 9.72. The van der Waals surface area contributed by atoms with Crippen molar-refractivity contribution in [3.05, 3.63) is 29.6 Å². The van der Waals surface area contributed by atoms with Crippen molar-refractivity contribution >= 4 is 12.4 Å². The third-order valence-electron chi connectivity index (χ3n) is 4.02. The molecule has 1 heterocycles. The number of hydrogen-bond donors (Lipinski definition) is 2. The van der Waals surface area contributed by atoms with E-state index in [2.05, 4.69) is 17.1 Å². The van der Waals surface area contributed by atoms with E-state index in [0.717, 1.165) is 44.6 Å². The third-order valence-corrected chi connectivity index (χ3v) is 4.02. The van der Waals surface area contributed by atoms with Crippen LogP contribution in [0.3, 0.4) is 0 Å². The second-order valence-electron chi connectivity index (χ2n) is 5.50. The zero-order valence-corrected chi connectivity index (χ0v) is 13.5. The molecular weight excluding hydrogens is 291 g/mol. The van der Waals surface area contributed by atoms with Crippen molar-refractivity contribution in [1.82, 2.24) is 10.2 Å². The highest BCUT2D eigenvalue weighted by molar-refractivity contribution is 5.85. The number of aromatic hydroxyl groups is 1. The number of piperazine rings is 1. The van der Waals surface area contributed by atoms with Crippen molar-refractivity contribution in [1.29, 1.82) is 0 Å². The van der Waals surface area contributed by atoms with Gasteiger partial charge >= 0.3 is 0 Å². The Labute approximate surface area is 132 Å². The number of rotatable bonds is 6. The fraction of sp³-hybridized carbons (Fsp3) is 0.625. The monoisotopic (exact) mass is 316 g/mol. The van der Waals surface area contributed by atoms with E-state index in [1.165, 1.54) is 31.0 Å². The Morgan fingerprint density at radius 3 is 2.67 bits per heavy atom. The predicted octanol–water partition coefficient (Wildman–Crippen LogP) is 3.48. The molecule has 2 N–H and O–H groups in total. The second kappa shape index (κ2) is 9.23. The van der Waals surface area contributed by atoms with Crippen molar-refractivity contribution in [3.63, 3.8) is 0 Å². The van der Waals surface area contributed by atoms with Crippen molar-refractivity contribution < 1.29 is 9.50 Å². The van der Waals surface area contributed by atoms with Crippen LogP contribution in [0.25, 0.3) is 0 Å². The molecule has 0 radical (unpaired) electrons. The van der Waals surface area contributed by atoms with Gasteiger partial charge in [0.05, 0.1) is 0 Å². The van der Waals surface area contributed by atoms with Crippen LogP contribution in [0.15, 0.2) is 18.2 Å². The van der Waals surface area contributed by atoms with E-state index in [1.807, 2.05) is 0 Å². The highest BCUT2D eigenvalue weighted by Crippen LogP contribution is 2.33. The number of phenols is 1. The van der Waals surface area contributed by atoms with Gasteiger partial charge in [-0.25, -0.2) is 4.39 Å². The maximum atomic E-state index is 13.5. The largest absolute Gasteiger partial charge is 0.508 e. The minimum Gasteiger partial charge on any atom is -0.508 e. The number of nitrogens with one attached hydrogen (secondary N) is 1. The molecule has 120 valence electrons. The molecule has 1 aliphatic heterocycles. The Hall–Kier alpha value is -0.840. The summed E-state index contributed by atoms with van der Waals surface area (Å²) in [5.41, 5.74) is 0.739. The van der Waals surface area contributed by atoms with E-state index in [1.54, 1.807) is 0 Å². The molecule has 0 saturated carbocycles. The van der Waals surface area contributed by atoms with E-state index >= 15 is 0 Å². The summed E-state index contributed by atoms with van der Waals surface area (Å²) in [6.07, 6.45) is 4.44. The summed E-state index contributed by atoms with van der Waals surface area (Å²) in [4.78, 5) is 2.36. The molecule has 2 rings (SSSR count). The van der Waals surface area contributed by atoms with Crippen LogP contribution in [0.2, 0.25) is 0 Å². The molecule has 1 aromatic carbocycles. The van der Waals surface area contributed by atoms with Crippen LogP contribution in [0.1, 0.15) is 44.2 Å². The standard InChI is InChI=1S/C16H25FN2O.ClH/c1-2-3-4-5-15(19-10-8-18-9-11-19)14-12-13(17)6-7-16(14)20;/h6-7,12,15,18,20H,2-5,8-11H2,1H3;1H/t15-;/m1./s1. The number of unbranched alkanes of at least 4 members (excludes halogenated alkanes) is 2. The first-order valence-electron chi connectivity index (χ1n) is 7.65. The van der Waals surface area contributed by atoms with Crippen LogP contribution in [-0.4, -0.2) is 36.2 Å². The van der Waals surface area contributed by atoms with Gasteiger partial charge in [-0.3, -0.25) is 4.90 Å². The average Bonchev–Trinajstić information content (AvgIpc) is 2.48. The average molecular weight is 317 g/mol. The lowest BCUT2D eigenvalue weighted by Gasteiger charge is -2.35. The van der Waals surface area contributed by atoms with Crippen molar-refractivity contribution in [2.45, 2.75) is 38.6 Å². The molecule has 0 aromatic heterocycles. The normalized spacial score (nSPS) is 17.2. The van der Waals surface area contributed by atoms with Crippen LogP contribution in [0.5, 0.6) is 5.75 Å². The molecule has 5 heteroatoms. The molecule has 0 aliphatic carbocycles. The summed E-state index contributed by atoms with van der Waals surface area (Å²) < 4.78 is 13.5. The van der Waals surface area contributed by atoms with Gasteiger partial charge in [-0.15, -0.1) is 12.4 Å². The van der Waals surface area contributed by atoms with Crippen molar-refractivity contribution in [2.24, 2.45) is 0 Å². The molecule has 1 aliphatic rings. The first kappa shape index (κ1) is 18.2. The predicted molar refractivity (Wildman–Crippen MR) is 86.6 cm³/mol. The topological polar surface area (TPSA) is 35.5 Å². The number of nitrogens with zero attached hydrogens (tertiary/aromatic N) is 1. The zero-order valence-electron chi connectivity index (χ0n) is 12.6. The molecule has 1 atom stereocenters. The van der Waals surface area contributed by atoms with E-state index in [4.69, 9.17) is 0 Å². The summed E-state index contributed by atoms with van der Waals surface area (Å²) >= 11 is 0. The van der Waals surface area contributed by atoms with E-state index < -0.39 is 0 Å². The van der Waals surface area contributed by atoms with Gasteiger partial charge in [-0.05, 0) is 24.6 Å². The molecule has 0 amide bonds. The van der Waals surface area contributed by atoms with Gasteiger partial charge < -0.3 is 10.4 Å². The van der Waals surface area contributed by atoms with Gasteiger partial charge in [0.2, 0.25) is 0 Å². The lowest BCUT2D eigenvalue weighted by Crippen LogP contribution is -2.45. The van der Waals surface area contributed by atoms with E-state index in [-0.39, 0.29) is 30.0 Å². The summed E-state index contributed by atoms with van der Waals surface area (Å²) in [5, 5.41) is 13.4. The minimum atomic E-state index is -0.270. The highest BCUT2D eigenvalue weighted by Gasteiger charge is 2.24. The Morgan fingerprint density at radius 1 is 1.29 bits per heavy atom. The third kappa shape index (κ3) is 5.13. The van der Waals surface area contributed by atoms with Crippen LogP contribution in [0.4, 0.5) is 4.39 Å². The van der Waals surface area contributed by atoms with Gasteiger partial charge in [0.25, 0.3) is 0 Å². The van der Waals surface area contributed by atoms with Crippen molar-refractivity contribution in [3.8, 4) is 5.75 Å². The van der Waals surface area contributed by atoms with Gasteiger partial charge in [-0.1, -0.05) is 26.2 Å². The fourth-order valence-corrected chi connectivity index (χ4v) is 2.91. The Bertz CT molecular complexity index is 425. The Morgan fingerprint density at radius 2 is 2.00 bits per heavy atom. The molecule has 21 heavy (non-hydrogen) atoms. The SMILES string of the molecule is CCCCC[C@H](c1cc(F)ccc1O)N1CCNCC1.Cl. The molecular formula is C16H26ClFN2O. The highest BCUT2D eigenvalue weighted by atomic mass is 35.5. The van der Waals surface area contributed by atoms with Crippen LogP contribution in [0, 0.1) is 5.82 Å². The smallest absolute Gasteiger partial charge is 0.123 e. The van der Waals surface area contributed by atoms with Gasteiger partial charge in [0, 0.05) is 37.8 Å². The lowest BCUT2D eigenvalue weighted by molar-refractivity contribution is 0.160. The Kier molecular flexibility index (Phi) is 8.01. The van der Waals surface area contributed by atoms with Gasteiger partial charge in [-0.2, -0.15) is 0 Å². The molecule has 0 bridgehead atoms. The zero-order chi connectivity index (χ0) is 14.4. The summed E-state index contributed by atoms with van der Waals surface area (Å²) in [6, 6.07) is 4.41. The molecule has 1 saturated heterocycles. The number of phenolic OH excluding ortho intramolecular Hbond substituents is 1. The van der Waals surface area contributed by atoms with E-state index in [9.17, 15) is 9.50 Å². The van der Waals surface area contributed by atoms with Gasteiger partial charge in [0.15, 0.2) is 0 Å².